The zero-order valence-corrected chi connectivity index (χ0v) is 43.1. The lowest BCUT2D eigenvalue weighted by Gasteiger charge is -2.31. The molecule has 1 aliphatic rings. The van der Waals surface area contributed by atoms with E-state index in [0.717, 1.165) is 70.6 Å². The zero-order chi connectivity index (χ0) is 48.4. The summed E-state index contributed by atoms with van der Waals surface area (Å²) in [5, 5.41) is 34.5. The Balaban J connectivity index is 1.21. The molecule has 2 aromatic heterocycles. The Bertz CT molecular complexity index is 1960. The van der Waals surface area contributed by atoms with Gasteiger partial charge in [0.25, 0.3) is 0 Å². The molecule has 10 heteroatoms. The van der Waals surface area contributed by atoms with Crippen LogP contribution in [0.3, 0.4) is 0 Å². The highest BCUT2D eigenvalue weighted by Crippen LogP contribution is 2.49. The van der Waals surface area contributed by atoms with E-state index in [4.69, 9.17) is 0 Å². The Morgan fingerprint density at radius 3 is 1.31 bits per heavy atom. The number of rotatable bonds is 38. The molecule has 0 spiro atoms. The molecule has 0 aliphatic heterocycles. The lowest BCUT2D eigenvalue weighted by molar-refractivity contribution is -0.697. The first kappa shape index (κ1) is 54.2. The zero-order valence-electron chi connectivity index (χ0n) is 43.1. The first-order valence-electron chi connectivity index (χ1n) is 27.5. The van der Waals surface area contributed by atoms with Crippen molar-refractivity contribution in [1.29, 1.82) is 0 Å². The van der Waals surface area contributed by atoms with Gasteiger partial charge in [0.2, 0.25) is 12.7 Å². The van der Waals surface area contributed by atoms with Crippen LogP contribution in [-0.2, 0) is 31.0 Å². The molecule has 0 bridgehead atoms. The molecule has 0 radical (unpaired) electrons. The van der Waals surface area contributed by atoms with Crippen LogP contribution in [0, 0.1) is 0 Å². The molecule has 10 nitrogen and oxygen atoms in total. The normalized spacial score (nSPS) is 13.7. The summed E-state index contributed by atoms with van der Waals surface area (Å²) in [6.45, 7) is 15.7. The molecule has 1 unspecified atom stereocenters. The lowest BCUT2D eigenvalue weighted by atomic mass is 9.74. The number of carbonyl (C=O) groups excluding carboxylic acids is 1. The smallest absolute Gasteiger partial charge is 0.243 e. The molecule has 376 valence electrons. The summed E-state index contributed by atoms with van der Waals surface area (Å²) >= 11 is 0. The highest BCUT2D eigenvalue weighted by atomic mass is 16.3. The number of Topliss-reactive ketones (excluding diaryl/α,β-unsaturated/α-hetero) is 1. The Kier molecular flexibility index (Phi) is 24.5. The van der Waals surface area contributed by atoms with Crippen LogP contribution in [0.15, 0.2) is 79.6 Å². The minimum absolute atomic E-state index is 0.0544. The number of nitrogens with zero attached hydrogens (tertiary/aromatic N) is 6. The number of carbonyl (C=O) groups is 1. The van der Waals surface area contributed by atoms with Gasteiger partial charge in [-0.25, -0.2) is 18.3 Å². The summed E-state index contributed by atoms with van der Waals surface area (Å²) in [4.78, 5) is 18.4. The predicted octanol–water partition coefficient (Wildman–Crippen LogP) is 13.4. The van der Waals surface area contributed by atoms with Crippen molar-refractivity contribution in [2.75, 3.05) is 36.0 Å². The van der Waals surface area contributed by atoms with Gasteiger partial charge in [0.05, 0.1) is 37.3 Å². The van der Waals surface area contributed by atoms with Gasteiger partial charge in [0.15, 0.2) is 5.78 Å². The van der Waals surface area contributed by atoms with Crippen LogP contribution in [0.5, 0.6) is 11.5 Å². The summed E-state index contributed by atoms with van der Waals surface area (Å²) in [7, 11) is 0. The maximum atomic E-state index is 13.8. The number of phenols is 2. The summed E-state index contributed by atoms with van der Waals surface area (Å²) in [5.41, 5.74) is 2.72. The second kappa shape index (κ2) is 30.7. The summed E-state index contributed by atoms with van der Waals surface area (Å²) in [6.07, 6.45) is 43.9. The van der Waals surface area contributed by atoms with Gasteiger partial charge < -0.3 is 25.1 Å². The van der Waals surface area contributed by atoms with E-state index in [1.54, 1.807) is 12.1 Å². The standard InChI is InChI=1S/C58H90N6O4/c1-5-9-13-15-17-19-21-23-25-27-33-59-37-39-61(47-59)41-43-64(44-42-62-40-38-60(48-62)34-28-26-24-22-20-18-16-14-10-6-2)51-45-52(65)55(53(66)46-51)56-57(67)54(58(56)68)49-29-31-50(32-30-49)63(35-11-7-3)36-12-8-4/h29-32,37-40,45-48,56H,5-28,33-36,41-44H2,1-4H3,(H-2,65,66,67,68)/p+2. The van der Waals surface area contributed by atoms with Gasteiger partial charge in [-0.3, -0.25) is 4.79 Å². The highest BCUT2D eigenvalue weighted by Gasteiger charge is 2.44. The Morgan fingerprint density at radius 2 is 0.897 bits per heavy atom. The number of phenolic OH excluding ortho intramolecular Hbond substituents is 2. The lowest BCUT2D eigenvalue weighted by Crippen LogP contribution is -2.33. The fourth-order valence-corrected chi connectivity index (χ4v) is 9.83. The van der Waals surface area contributed by atoms with Gasteiger partial charge in [0.1, 0.15) is 61.1 Å². The molecule has 3 N–H and O–H groups in total. The van der Waals surface area contributed by atoms with Gasteiger partial charge in [-0.1, -0.05) is 155 Å². The number of hydrogen-bond donors (Lipinski definition) is 3. The van der Waals surface area contributed by atoms with E-state index >= 15 is 0 Å². The third-order valence-corrected chi connectivity index (χ3v) is 14.2. The topological polar surface area (TPSA) is 102 Å². The molecule has 0 fully saturated rings. The van der Waals surface area contributed by atoms with Crippen LogP contribution in [-0.4, -0.2) is 56.4 Å². The Hall–Kier alpha value is -4.73. The number of aliphatic hydroxyl groups is 1. The molecular weight excluding hydrogens is 845 g/mol. The number of aryl methyl sites for hydroxylation is 2. The first-order chi connectivity index (χ1) is 33.3. The van der Waals surface area contributed by atoms with Gasteiger partial charge >= 0.3 is 0 Å². The van der Waals surface area contributed by atoms with E-state index in [1.165, 1.54) is 128 Å². The van der Waals surface area contributed by atoms with Crippen LogP contribution in [0.1, 0.15) is 199 Å². The van der Waals surface area contributed by atoms with E-state index < -0.39 is 5.92 Å². The molecule has 68 heavy (non-hydrogen) atoms. The molecule has 1 atom stereocenters. The van der Waals surface area contributed by atoms with Crippen LogP contribution in [0.2, 0.25) is 0 Å². The number of imidazole rings is 2. The Morgan fingerprint density at radius 1 is 0.500 bits per heavy atom. The van der Waals surface area contributed by atoms with E-state index in [0.29, 0.717) is 24.3 Å². The number of aromatic nitrogens is 4. The highest BCUT2D eigenvalue weighted by molar-refractivity contribution is 6.32. The number of aromatic hydroxyl groups is 2. The fourth-order valence-electron chi connectivity index (χ4n) is 9.83. The minimum Gasteiger partial charge on any atom is -0.510 e. The van der Waals surface area contributed by atoms with Gasteiger partial charge in [-0.15, -0.1) is 0 Å². The minimum atomic E-state index is -1.12. The maximum absolute atomic E-state index is 13.8. The van der Waals surface area contributed by atoms with Crippen LogP contribution < -0.4 is 18.9 Å². The third-order valence-electron chi connectivity index (χ3n) is 14.2. The molecule has 4 aromatic rings. The van der Waals surface area contributed by atoms with Crippen molar-refractivity contribution >= 4 is 22.7 Å². The number of allylic oxidation sites excluding steroid dienone is 2. The van der Waals surface area contributed by atoms with Gasteiger partial charge in [0, 0.05) is 36.6 Å². The van der Waals surface area contributed by atoms with E-state index in [1.807, 2.05) is 24.3 Å². The van der Waals surface area contributed by atoms with Crippen molar-refractivity contribution in [2.24, 2.45) is 0 Å². The first-order valence-corrected chi connectivity index (χ1v) is 27.5. The predicted molar refractivity (Wildman–Crippen MR) is 281 cm³/mol. The largest absolute Gasteiger partial charge is 0.510 e. The molecule has 2 heterocycles. The molecule has 5 rings (SSSR count). The van der Waals surface area contributed by atoms with E-state index in [-0.39, 0.29) is 34.2 Å². The molecule has 0 amide bonds. The summed E-state index contributed by atoms with van der Waals surface area (Å²) in [5.74, 6) is -1.94. The SMILES string of the molecule is CCCCCCCCCCCC[n+]1ccn(CCN(CCn2cc[n+](CCCCCCCCCCCC)c2)c2cc(O)c(C3C(=O)C(c4ccc(N(CCCC)CCCC)cc4)=C3O)c(O)c2)c1. The third kappa shape index (κ3) is 17.3. The van der Waals surface area contributed by atoms with Crippen molar-refractivity contribution in [3.63, 3.8) is 0 Å². The second-order valence-corrected chi connectivity index (χ2v) is 19.8. The molecule has 0 saturated heterocycles. The van der Waals surface area contributed by atoms with Crippen molar-refractivity contribution in [1.82, 2.24) is 9.13 Å². The van der Waals surface area contributed by atoms with Gasteiger partial charge in [-0.2, -0.15) is 0 Å². The molecule has 1 aliphatic carbocycles. The van der Waals surface area contributed by atoms with Crippen LogP contribution >= 0.6 is 0 Å². The molecule has 2 aromatic carbocycles. The average Bonchev–Trinajstić information content (AvgIpc) is 4.01. The fraction of sp³-hybridized carbons (Fsp3) is 0.638. The quantitative estimate of drug-likeness (QED) is 0.0306. The second-order valence-electron chi connectivity index (χ2n) is 19.8. The van der Waals surface area contributed by atoms with E-state index in [9.17, 15) is 20.1 Å². The number of hydrogen-bond acceptors (Lipinski definition) is 6. The van der Waals surface area contributed by atoms with Crippen molar-refractivity contribution in [2.45, 2.75) is 214 Å². The Labute approximate surface area is 411 Å². The number of benzene rings is 2. The van der Waals surface area contributed by atoms with Crippen LogP contribution in [0.4, 0.5) is 11.4 Å². The van der Waals surface area contributed by atoms with E-state index in [2.05, 4.69) is 93.2 Å². The summed E-state index contributed by atoms with van der Waals surface area (Å²) in [6, 6.07) is 11.1. The average molecular weight is 937 g/mol. The van der Waals surface area contributed by atoms with Crippen molar-refractivity contribution in [3.05, 3.63) is 90.7 Å². The monoisotopic (exact) mass is 937 g/mol. The molecule has 0 saturated carbocycles. The van der Waals surface area contributed by atoms with Gasteiger partial charge in [-0.05, 0) is 56.2 Å². The van der Waals surface area contributed by atoms with Crippen molar-refractivity contribution < 1.29 is 29.2 Å². The number of aliphatic hydroxyl groups excluding tert-OH is 1. The summed E-state index contributed by atoms with van der Waals surface area (Å²) < 4.78 is 8.99. The number of unbranched alkanes of at least 4 members (excludes halogenated alkanes) is 20. The van der Waals surface area contributed by atoms with Crippen molar-refractivity contribution in [3.8, 4) is 11.5 Å². The number of anilines is 2. The maximum Gasteiger partial charge on any atom is 0.243 e. The molecular formula is C58H92N6O4+2. The van der Waals surface area contributed by atoms with Crippen LogP contribution in [0.25, 0.3) is 5.57 Å². The number of ketones is 1.